The lowest BCUT2D eigenvalue weighted by Gasteiger charge is -2.52. The van der Waals surface area contributed by atoms with Crippen LogP contribution in [-0.2, 0) is 27.8 Å². The van der Waals surface area contributed by atoms with Gasteiger partial charge in [0, 0.05) is 43.4 Å². The predicted octanol–water partition coefficient (Wildman–Crippen LogP) is 6.54. The number of rotatable bonds is 4. The molecule has 3 aliphatic heterocycles. The number of carbonyl (C=O) groups is 1. The molecular weight excluding hydrogens is 684 g/mol. The number of methoxy groups -OCH3 is 1. The maximum atomic E-state index is 13.6. The number of ether oxygens (including phenoxy) is 2. The summed E-state index contributed by atoms with van der Waals surface area (Å²) >= 11 is 6.40. The molecule has 280 valence electrons. The normalized spacial score (nSPS) is 30.2. The number of anilines is 1. The summed E-state index contributed by atoms with van der Waals surface area (Å²) in [5.41, 5.74) is 2.91. The van der Waals surface area contributed by atoms with Crippen LogP contribution in [0.4, 0.5) is 5.69 Å². The molecule has 1 aliphatic carbocycles. The van der Waals surface area contributed by atoms with E-state index in [2.05, 4.69) is 45.7 Å². The number of carbonyl (C=O) groups excluding carboxylic acids is 1. The van der Waals surface area contributed by atoms with Crippen molar-refractivity contribution in [3.8, 4) is 5.75 Å². The van der Waals surface area contributed by atoms with E-state index in [4.69, 9.17) is 21.1 Å². The first-order valence-corrected chi connectivity index (χ1v) is 20.8. The minimum atomic E-state index is -3.95. The van der Waals surface area contributed by atoms with Crippen LogP contribution in [0.5, 0.6) is 5.75 Å². The maximum absolute atomic E-state index is 13.6. The van der Waals surface area contributed by atoms with Crippen LogP contribution < -0.4 is 14.4 Å². The first-order chi connectivity index (χ1) is 24.4. The van der Waals surface area contributed by atoms with E-state index in [0.717, 1.165) is 93.9 Å². The van der Waals surface area contributed by atoms with Gasteiger partial charge in [-0.05, 0) is 145 Å². The SMILES string of the molecule is CO[C@@]1(CN2CCC(N(C)C)CC2)/C=C/C[C@H](C)[C@@H](C)S(=O)(=O)NC(=O)c2ccc3c(c2)N(CCCCc2cc(Cl)ccc2CO3)C[C@@H]2CC[C@H]21. The summed E-state index contributed by atoms with van der Waals surface area (Å²) in [6.45, 7) is 8.43. The molecule has 5 atom stereocenters. The van der Waals surface area contributed by atoms with Crippen molar-refractivity contribution in [2.24, 2.45) is 17.8 Å². The fraction of sp³-hybridized carbons (Fsp3) is 0.625. The standard InChI is InChI=1S/C40H57ClN4O5S/c1-28-9-8-19-40(49-5,27-44-21-17-35(18-22-44)43(3)4)36-15-12-32(36)25-45-20-7-6-10-30-23-34(41)14-11-33(30)26-50-38-16-13-31(24-37(38)45)39(46)42-51(47,48)29(28)2/h8,11,13-14,16,19,23-24,28-29,32,35-36H,6-7,9-10,12,15,17-18,20-22,25-27H2,1-5H3,(H,42,46)/b19-8+/t28-,29+,32-,36+,40+/m0/s1. The van der Waals surface area contributed by atoms with Gasteiger partial charge in [-0.15, -0.1) is 0 Å². The number of sulfonamides is 1. The molecule has 0 aromatic heterocycles. The van der Waals surface area contributed by atoms with E-state index < -0.39 is 26.8 Å². The number of amides is 1. The van der Waals surface area contributed by atoms with Gasteiger partial charge < -0.3 is 24.2 Å². The molecule has 3 heterocycles. The van der Waals surface area contributed by atoms with Crippen LogP contribution in [-0.4, -0.2) is 94.9 Å². The minimum absolute atomic E-state index is 0.212. The van der Waals surface area contributed by atoms with E-state index >= 15 is 0 Å². The number of nitrogens with one attached hydrogen (secondary N) is 1. The third-order valence-electron chi connectivity index (χ3n) is 12.3. The number of benzene rings is 2. The van der Waals surface area contributed by atoms with Gasteiger partial charge in [-0.25, -0.2) is 13.1 Å². The van der Waals surface area contributed by atoms with Crippen molar-refractivity contribution in [2.75, 3.05) is 58.8 Å². The van der Waals surface area contributed by atoms with Gasteiger partial charge >= 0.3 is 0 Å². The fourth-order valence-corrected chi connectivity index (χ4v) is 10.1. The Morgan fingerprint density at radius 2 is 1.80 bits per heavy atom. The summed E-state index contributed by atoms with van der Waals surface area (Å²) in [6.07, 6.45) is 12.2. The highest BCUT2D eigenvalue weighted by molar-refractivity contribution is 7.90. The molecule has 2 bridgehead atoms. The molecule has 0 unspecified atom stereocenters. The summed E-state index contributed by atoms with van der Waals surface area (Å²) < 4.78 is 42.7. The first-order valence-electron chi connectivity index (χ1n) is 18.9. The van der Waals surface area contributed by atoms with E-state index in [0.29, 0.717) is 36.3 Å². The van der Waals surface area contributed by atoms with Gasteiger partial charge in [0.05, 0.1) is 10.9 Å². The molecular formula is C40H57ClN4O5S. The van der Waals surface area contributed by atoms with Gasteiger partial charge in [0.25, 0.3) is 5.91 Å². The van der Waals surface area contributed by atoms with E-state index in [1.165, 1.54) is 5.56 Å². The summed E-state index contributed by atoms with van der Waals surface area (Å²) in [5.74, 6) is 0.501. The Bertz CT molecular complexity index is 1680. The number of piperidine rings is 1. The third-order valence-corrected chi connectivity index (χ3v) is 14.5. The average Bonchev–Trinajstić information content (AvgIpc) is 3.12. The Balaban J connectivity index is 1.38. The molecule has 6 rings (SSSR count). The summed E-state index contributed by atoms with van der Waals surface area (Å²) in [4.78, 5) is 20.9. The number of likely N-dealkylation sites (tertiary alicyclic amines) is 1. The minimum Gasteiger partial charge on any atom is -0.487 e. The number of allylic oxidation sites excluding steroid dienone is 1. The number of hydrogen-bond donors (Lipinski definition) is 1. The predicted molar refractivity (Wildman–Crippen MR) is 205 cm³/mol. The molecule has 1 amide bonds. The molecule has 0 spiro atoms. The number of fused-ring (bicyclic) bond motifs is 3. The third kappa shape index (κ3) is 8.62. The molecule has 0 radical (unpaired) electrons. The van der Waals surface area contributed by atoms with Crippen molar-refractivity contribution in [1.29, 1.82) is 0 Å². The largest absolute Gasteiger partial charge is 0.487 e. The molecule has 9 nitrogen and oxygen atoms in total. The van der Waals surface area contributed by atoms with Crippen molar-refractivity contribution in [3.63, 3.8) is 0 Å². The number of aryl methyl sites for hydroxylation is 1. The number of nitrogens with zero attached hydrogens (tertiary/aromatic N) is 3. The zero-order chi connectivity index (χ0) is 36.3. The zero-order valence-electron chi connectivity index (χ0n) is 31.1. The second-order valence-corrected chi connectivity index (χ2v) is 18.1. The molecule has 2 fully saturated rings. The topological polar surface area (TPSA) is 91.4 Å². The highest BCUT2D eigenvalue weighted by Gasteiger charge is 2.48. The Morgan fingerprint density at radius 3 is 2.51 bits per heavy atom. The smallest absolute Gasteiger partial charge is 0.264 e. The lowest BCUT2D eigenvalue weighted by atomic mass is 9.63. The Labute approximate surface area is 310 Å². The summed E-state index contributed by atoms with van der Waals surface area (Å²) in [6, 6.07) is 11.9. The summed E-state index contributed by atoms with van der Waals surface area (Å²) in [5, 5.41) is -0.0519. The van der Waals surface area contributed by atoms with Gasteiger partial charge in [0.1, 0.15) is 18.0 Å². The Kier molecular flexibility index (Phi) is 12.1. The van der Waals surface area contributed by atoms with Crippen LogP contribution in [0.15, 0.2) is 48.6 Å². The molecule has 2 aromatic carbocycles. The van der Waals surface area contributed by atoms with E-state index in [9.17, 15) is 13.2 Å². The van der Waals surface area contributed by atoms with Crippen LogP contribution in [0.25, 0.3) is 0 Å². The van der Waals surface area contributed by atoms with Crippen molar-refractivity contribution >= 4 is 33.2 Å². The van der Waals surface area contributed by atoms with Gasteiger partial charge in [0.2, 0.25) is 10.0 Å². The molecule has 11 heteroatoms. The lowest BCUT2D eigenvalue weighted by molar-refractivity contribution is -0.0947. The van der Waals surface area contributed by atoms with Crippen LogP contribution in [0, 0.1) is 17.8 Å². The Morgan fingerprint density at radius 1 is 1.02 bits per heavy atom. The molecule has 1 N–H and O–H groups in total. The van der Waals surface area contributed by atoms with Crippen LogP contribution in [0.1, 0.15) is 80.3 Å². The second kappa shape index (κ2) is 16.2. The van der Waals surface area contributed by atoms with E-state index in [-0.39, 0.29) is 11.8 Å². The zero-order valence-corrected chi connectivity index (χ0v) is 32.6. The quantitative estimate of drug-likeness (QED) is 0.354. The maximum Gasteiger partial charge on any atom is 0.264 e. The van der Waals surface area contributed by atoms with Crippen molar-refractivity contribution < 1.29 is 22.7 Å². The molecule has 1 saturated carbocycles. The molecule has 1 saturated heterocycles. The fourth-order valence-electron chi connectivity index (χ4n) is 8.58. The molecule has 51 heavy (non-hydrogen) atoms. The lowest BCUT2D eigenvalue weighted by Crippen LogP contribution is -2.57. The van der Waals surface area contributed by atoms with Crippen molar-refractivity contribution in [2.45, 2.75) is 88.7 Å². The first kappa shape index (κ1) is 38.1. The van der Waals surface area contributed by atoms with E-state index in [1.807, 2.05) is 44.4 Å². The van der Waals surface area contributed by atoms with Crippen LogP contribution in [0.2, 0.25) is 5.02 Å². The summed E-state index contributed by atoms with van der Waals surface area (Å²) in [7, 11) is 2.25. The monoisotopic (exact) mass is 740 g/mol. The second-order valence-electron chi connectivity index (χ2n) is 15.7. The van der Waals surface area contributed by atoms with Gasteiger partial charge in [-0.3, -0.25) is 4.79 Å². The van der Waals surface area contributed by atoms with Gasteiger partial charge in [-0.1, -0.05) is 36.7 Å². The van der Waals surface area contributed by atoms with Crippen LogP contribution >= 0.6 is 11.6 Å². The van der Waals surface area contributed by atoms with Crippen molar-refractivity contribution in [1.82, 2.24) is 14.5 Å². The van der Waals surface area contributed by atoms with Gasteiger partial charge in [0.15, 0.2) is 0 Å². The highest BCUT2D eigenvalue weighted by atomic mass is 35.5. The van der Waals surface area contributed by atoms with Crippen LogP contribution in [0.3, 0.4) is 0 Å². The number of halogens is 1. The highest BCUT2D eigenvalue weighted by Crippen LogP contribution is 2.47. The molecule has 2 aromatic rings. The van der Waals surface area contributed by atoms with Gasteiger partial charge in [-0.2, -0.15) is 0 Å². The number of hydrogen-bond acceptors (Lipinski definition) is 8. The average molecular weight is 741 g/mol. The Hall–Kier alpha value is -2.63. The van der Waals surface area contributed by atoms with Crippen molar-refractivity contribution in [3.05, 3.63) is 70.3 Å². The molecule has 4 aliphatic rings. The van der Waals surface area contributed by atoms with E-state index in [1.54, 1.807) is 13.0 Å².